The summed E-state index contributed by atoms with van der Waals surface area (Å²) in [5.41, 5.74) is 1.01. The van der Waals surface area contributed by atoms with Gasteiger partial charge in [0, 0.05) is 23.5 Å². The second kappa shape index (κ2) is 7.00. The van der Waals surface area contributed by atoms with Crippen molar-refractivity contribution in [3.05, 3.63) is 40.3 Å². The molecule has 2 aliphatic rings. The molecule has 0 aromatic carbocycles. The van der Waals surface area contributed by atoms with E-state index < -0.39 is 0 Å². The van der Waals surface area contributed by atoms with E-state index in [4.69, 9.17) is 0 Å². The lowest BCUT2D eigenvalue weighted by Gasteiger charge is -2.37. The Balaban J connectivity index is 1.40. The monoisotopic (exact) mass is 358 g/mol. The third kappa shape index (κ3) is 3.46. The van der Waals surface area contributed by atoms with Gasteiger partial charge in [-0.25, -0.2) is 0 Å². The van der Waals surface area contributed by atoms with E-state index in [0.29, 0.717) is 26.1 Å². The van der Waals surface area contributed by atoms with Crippen LogP contribution in [0.3, 0.4) is 0 Å². The molecule has 1 aliphatic carbocycles. The highest BCUT2D eigenvalue weighted by Gasteiger charge is 2.35. The molecule has 2 amide bonds. The number of nitrogens with zero attached hydrogens (tertiary/aromatic N) is 3. The van der Waals surface area contributed by atoms with Gasteiger partial charge in [0.05, 0.1) is 31.2 Å². The molecule has 1 atom stereocenters. The fourth-order valence-electron chi connectivity index (χ4n) is 3.50. The molecule has 1 aliphatic heterocycles. The maximum absolute atomic E-state index is 12.6. The molecule has 25 heavy (non-hydrogen) atoms. The summed E-state index contributed by atoms with van der Waals surface area (Å²) in [5.74, 6) is 0.420. The minimum Gasteiger partial charge on any atom is -0.351 e. The summed E-state index contributed by atoms with van der Waals surface area (Å²) in [7, 11) is 0. The minimum atomic E-state index is -0.0916. The topological polar surface area (TPSA) is 67.2 Å². The molecule has 1 saturated carbocycles. The van der Waals surface area contributed by atoms with Gasteiger partial charge in [0.15, 0.2) is 0 Å². The minimum absolute atomic E-state index is 0.00204. The first-order valence-corrected chi connectivity index (χ1v) is 9.69. The van der Waals surface area contributed by atoms with E-state index in [9.17, 15) is 9.59 Å². The highest BCUT2D eigenvalue weighted by Crippen LogP contribution is 2.31. The SMILES string of the molecule is O=C(CC1CN(C(=O)C2CCC2)Cc2ccnn21)NCc1cccs1. The summed E-state index contributed by atoms with van der Waals surface area (Å²) in [6, 6.07) is 5.84. The maximum atomic E-state index is 12.6. The number of thiophene rings is 1. The number of rotatable bonds is 5. The van der Waals surface area contributed by atoms with Crippen LogP contribution in [0.2, 0.25) is 0 Å². The second-order valence-electron chi connectivity index (χ2n) is 6.83. The maximum Gasteiger partial charge on any atom is 0.226 e. The average Bonchev–Trinajstić information content (AvgIpc) is 3.22. The first kappa shape index (κ1) is 16.3. The fourth-order valence-corrected chi connectivity index (χ4v) is 4.15. The summed E-state index contributed by atoms with van der Waals surface area (Å²) >= 11 is 1.63. The third-order valence-electron chi connectivity index (χ3n) is 5.11. The number of nitrogens with one attached hydrogen (secondary N) is 1. The molecule has 1 unspecified atom stereocenters. The summed E-state index contributed by atoms with van der Waals surface area (Å²) in [5, 5.41) is 9.35. The van der Waals surface area contributed by atoms with Crippen LogP contribution >= 0.6 is 11.3 Å². The van der Waals surface area contributed by atoms with Crippen LogP contribution in [-0.4, -0.2) is 33.0 Å². The van der Waals surface area contributed by atoms with Crippen LogP contribution in [0.1, 0.15) is 42.3 Å². The van der Waals surface area contributed by atoms with E-state index >= 15 is 0 Å². The average molecular weight is 358 g/mol. The number of hydrogen-bond donors (Lipinski definition) is 1. The lowest BCUT2D eigenvalue weighted by Crippen LogP contribution is -2.46. The van der Waals surface area contributed by atoms with Gasteiger partial charge in [0.1, 0.15) is 0 Å². The van der Waals surface area contributed by atoms with E-state index in [-0.39, 0.29) is 23.8 Å². The Hall–Kier alpha value is -2.15. The largest absolute Gasteiger partial charge is 0.351 e. The second-order valence-corrected chi connectivity index (χ2v) is 7.86. The number of aromatic nitrogens is 2. The van der Waals surface area contributed by atoms with Crippen LogP contribution in [0.25, 0.3) is 0 Å². The summed E-state index contributed by atoms with van der Waals surface area (Å²) in [6.07, 6.45) is 5.25. The van der Waals surface area contributed by atoms with E-state index in [1.54, 1.807) is 17.5 Å². The van der Waals surface area contributed by atoms with Gasteiger partial charge in [-0.05, 0) is 30.4 Å². The van der Waals surface area contributed by atoms with Crippen LogP contribution < -0.4 is 5.32 Å². The van der Waals surface area contributed by atoms with Gasteiger partial charge in [-0.1, -0.05) is 12.5 Å². The van der Waals surface area contributed by atoms with Crippen molar-refractivity contribution in [2.24, 2.45) is 5.92 Å². The Morgan fingerprint density at radius 1 is 1.32 bits per heavy atom. The van der Waals surface area contributed by atoms with Gasteiger partial charge in [-0.2, -0.15) is 5.10 Å². The molecule has 0 saturated heterocycles. The Morgan fingerprint density at radius 3 is 2.92 bits per heavy atom. The Kier molecular flexibility index (Phi) is 4.57. The van der Waals surface area contributed by atoms with Crippen molar-refractivity contribution < 1.29 is 9.59 Å². The van der Waals surface area contributed by atoms with Crippen molar-refractivity contribution in [3.63, 3.8) is 0 Å². The molecule has 6 nitrogen and oxygen atoms in total. The number of carbonyl (C=O) groups excluding carboxylic acids is 2. The van der Waals surface area contributed by atoms with E-state index in [2.05, 4.69) is 10.4 Å². The zero-order chi connectivity index (χ0) is 17.2. The smallest absolute Gasteiger partial charge is 0.226 e. The zero-order valence-electron chi connectivity index (χ0n) is 14.1. The molecule has 0 bridgehead atoms. The van der Waals surface area contributed by atoms with Crippen LogP contribution in [0.15, 0.2) is 29.8 Å². The molecule has 1 fully saturated rings. The highest BCUT2D eigenvalue weighted by molar-refractivity contribution is 7.09. The van der Waals surface area contributed by atoms with Crippen molar-refractivity contribution >= 4 is 23.2 Å². The molecule has 2 aromatic rings. The quantitative estimate of drug-likeness (QED) is 0.892. The molecule has 0 radical (unpaired) electrons. The van der Waals surface area contributed by atoms with Crippen LogP contribution in [0, 0.1) is 5.92 Å². The molecule has 4 rings (SSSR count). The first-order valence-electron chi connectivity index (χ1n) is 8.81. The van der Waals surface area contributed by atoms with Gasteiger partial charge in [-0.3, -0.25) is 14.3 Å². The van der Waals surface area contributed by atoms with Gasteiger partial charge < -0.3 is 10.2 Å². The van der Waals surface area contributed by atoms with E-state index in [1.807, 2.05) is 33.2 Å². The normalized spacial score (nSPS) is 20.0. The summed E-state index contributed by atoms with van der Waals surface area (Å²) in [4.78, 5) is 28.0. The van der Waals surface area contributed by atoms with Crippen LogP contribution in [0.5, 0.6) is 0 Å². The third-order valence-corrected chi connectivity index (χ3v) is 5.99. The highest BCUT2D eigenvalue weighted by atomic mass is 32.1. The number of fused-ring (bicyclic) bond motifs is 1. The Morgan fingerprint density at radius 2 is 2.20 bits per heavy atom. The number of hydrogen-bond acceptors (Lipinski definition) is 4. The summed E-state index contributed by atoms with van der Waals surface area (Å²) < 4.78 is 1.91. The van der Waals surface area contributed by atoms with Gasteiger partial charge in [-0.15, -0.1) is 11.3 Å². The van der Waals surface area contributed by atoms with Crippen LogP contribution in [0.4, 0.5) is 0 Å². The van der Waals surface area contributed by atoms with Crippen molar-refractivity contribution in [1.82, 2.24) is 20.0 Å². The Bertz CT molecular complexity index is 751. The molecule has 2 aromatic heterocycles. The molecule has 0 spiro atoms. The first-order chi connectivity index (χ1) is 12.2. The predicted molar refractivity (Wildman–Crippen MR) is 94.8 cm³/mol. The number of carbonyl (C=O) groups is 2. The molecule has 7 heteroatoms. The van der Waals surface area contributed by atoms with Crippen molar-refractivity contribution in [2.75, 3.05) is 6.54 Å². The fraction of sp³-hybridized carbons (Fsp3) is 0.500. The van der Waals surface area contributed by atoms with Crippen molar-refractivity contribution in [2.45, 2.75) is 44.8 Å². The zero-order valence-corrected chi connectivity index (χ0v) is 14.9. The molecule has 132 valence electrons. The predicted octanol–water partition coefficient (Wildman–Crippen LogP) is 2.33. The van der Waals surface area contributed by atoms with Gasteiger partial charge in [0.25, 0.3) is 0 Å². The van der Waals surface area contributed by atoms with Crippen LogP contribution in [-0.2, 0) is 22.7 Å². The van der Waals surface area contributed by atoms with Crippen molar-refractivity contribution in [1.29, 1.82) is 0 Å². The molecular formula is C18H22N4O2S. The lowest BCUT2D eigenvalue weighted by molar-refractivity contribution is -0.141. The molecule has 1 N–H and O–H groups in total. The standard InChI is InChI=1S/C18H22N4O2S/c23-17(19-10-16-5-2-8-25-16)9-15-12-21(18(24)13-3-1-4-13)11-14-6-7-20-22(14)15/h2,5-8,13,15H,1,3-4,9-12H2,(H,19,23). The molecular weight excluding hydrogens is 336 g/mol. The lowest BCUT2D eigenvalue weighted by atomic mass is 9.84. The summed E-state index contributed by atoms with van der Waals surface area (Å²) in [6.45, 7) is 1.72. The Labute approximate surface area is 150 Å². The van der Waals surface area contributed by atoms with E-state index in [1.165, 1.54) is 0 Å². The molecule has 3 heterocycles. The van der Waals surface area contributed by atoms with Crippen molar-refractivity contribution in [3.8, 4) is 0 Å². The van der Waals surface area contributed by atoms with Gasteiger partial charge >= 0.3 is 0 Å². The van der Waals surface area contributed by atoms with E-state index in [0.717, 1.165) is 29.8 Å². The van der Waals surface area contributed by atoms with Gasteiger partial charge in [0.2, 0.25) is 11.8 Å². The number of amides is 2.